The summed E-state index contributed by atoms with van der Waals surface area (Å²) < 4.78 is 1.82. The van der Waals surface area contributed by atoms with Crippen LogP contribution in [-0.2, 0) is 6.42 Å². The number of hydrogen-bond donors (Lipinski definition) is 1. The highest BCUT2D eigenvalue weighted by atomic mass is 35.5. The number of rotatable bonds is 6. The van der Waals surface area contributed by atoms with Gasteiger partial charge in [-0.3, -0.25) is 4.79 Å². The van der Waals surface area contributed by atoms with E-state index in [9.17, 15) is 4.79 Å². The molecule has 0 spiro atoms. The highest BCUT2D eigenvalue weighted by molar-refractivity contribution is 6.30. The molecule has 140 valence electrons. The molecule has 1 N–H and O–H groups in total. The van der Waals surface area contributed by atoms with Crippen LogP contribution in [0, 0.1) is 0 Å². The summed E-state index contributed by atoms with van der Waals surface area (Å²) in [5.74, 6) is 0.319. The number of carbonyl (C=O) groups excluding carboxylic acids is 1. The fraction of sp³-hybridized carbons (Fsp3) is 0.273. The summed E-state index contributed by atoms with van der Waals surface area (Å²) in [4.78, 5) is 12.8. The third-order valence-corrected chi connectivity index (χ3v) is 4.76. The zero-order chi connectivity index (χ0) is 19.4. The van der Waals surface area contributed by atoms with E-state index < -0.39 is 0 Å². The molecule has 3 rings (SSSR count). The molecule has 0 aliphatic rings. The first-order valence-corrected chi connectivity index (χ1v) is 9.61. The molecule has 0 atom stereocenters. The number of halogens is 1. The maximum absolute atomic E-state index is 12.8. The molecule has 1 aromatic heterocycles. The summed E-state index contributed by atoms with van der Waals surface area (Å²) in [6, 6.07) is 15.4. The van der Waals surface area contributed by atoms with Crippen LogP contribution in [0.1, 0.15) is 54.7 Å². The zero-order valence-electron chi connectivity index (χ0n) is 15.9. The Hall–Kier alpha value is -2.59. The minimum Gasteiger partial charge on any atom is -0.322 e. The van der Waals surface area contributed by atoms with E-state index in [4.69, 9.17) is 11.6 Å². The molecule has 4 nitrogen and oxygen atoms in total. The van der Waals surface area contributed by atoms with Gasteiger partial charge in [-0.25, -0.2) is 4.68 Å². The average Bonchev–Trinajstić information content (AvgIpc) is 3.07. The van der Waals surface area contributed by atoms with Crippen LogP contribution in [0.15, 0.2) is 54.7 Å². The van der Waals surface area contributed by atoms with Crippen molar-refractivity contribution in [2.45, 2.75) is 39.5 Å². The molecular weight excluding hydrogens is 358 g/mol. The van der Waals surface area contributed by atoms with E-state index in [0.29, 0.717) is 16.5 Å². The molecule has 2 aromatic carbocycles. The lowest BCUT2D eigenvalue weighted by atomic mass is 10.0. The summed E-state index contributed by atoms with van der Waals surface area (Å²) in [6.07, 6.45) is 3.32. The van der Waals surface area contributed by atoms with E-state index in [1.54, 1.807) is 6.20 Å². The van der Waals surface area contributed by atoms with Crippen molar-refractivity contribution >= 4 is 23.2 Å². The van der Waals surface area contributed by atoms with E-state index in [1.807, 2.05) is 53.2 Å². The molecule has 5 heteroatoms. The van der Waals surface area contributed by atoms with Gasteiger partial charge in [0.15, 0.2) is 0 Å². The average molecular weight is 382 g/mol. The van der Waals surface area contributed by atoms with Crippen molar-refractivity contribution in [1.29, 1.82) is 0 Å². The molecule has 0 saturated heterocycles. The summed E-state index contributed by atoms with van der Waals surface area (Å²) in [6.45, 7) is 6.39. The fourth-order valence-corrected chi connectivity index (χ4v) is 3.12. The third-order valence-electron chi connectivity index (χ3n) is 4.51. The Morgan fingerprint density at radius 3 is 2.37 bits per heavy atom. The first-order chi connectivity index (χ1) is 13.0. The lowest BCUT2D eigenvalue weighted by Crippen LogP contribution is -2.14. The second-order valence-corrected chi connectivity index (χ2v) is 7.31. The lowest BCUT2D eigenvalue weighted by Gasteiger charge is -2.11. The van der Waals surface area contributed by atoms with Crippen molar-refractivity contribution in [3.8, 4) is 5.69 Å². The Kier molecular flexibility index (Phi) is 5.97. The molecule has 0 saturated carbocycles. The fourth-order valence-electron chi connectivity index (χ4n) is 3.00. The number of aromatic nitrogens is 2. The molecule has 1 heterocycles. The van der Waals surface area contributed by atoms with Gasteiger partial charge < -0.3 is 5.32 Å². The molecule has 0 aliphatic heterocycles. The Balaban J connectivity index is 1.86. The summed E-state index contributed by atoms with van der Waals surface area (Å²) in [7, 11) is 0. The number of hydrogen-bond acceptors (Lipinski definition) is 2. The van der Waals surface area contributed by atoms with Crippen LogP contribution < -0.4 is 5.32 Å². The Morgan fingerprint density at radius 1 is 1.11 bits per heavy atom. The van der Waals surface area contributed by atoms with Gasteiger partial charge in [0.05, 0.1) is 23.1 Å². The third kappa shape index (κ3) is 4.40. The highest BCUT2D eigenvalue weighted by Gasteiger charge is 2.18. The van der Waals surface area contributed by atoms with Gasteiger partial charge in [0.25, 0.3) is 5.91 Å². The summed E-state index contributed by atoms with van der Waals surface area (Å²) in [5, 5.41) is 8.10. The number of carbonyl (C=O) groups is 1. The standard InChI is InChI=1S/C22H24ClN3O/c1-4-5-21-20(14-24-26(21)19-12-8-17(23)9-13-19)22(27)25-18-10-6-16(7-11-18)15(2)3/h6-15H,4-5H2,1-3H3,(H,25,27). The molecular formula is C22H24ClN3O. The molecule has 1 amide bonds. The van der Waals surface area contributed by atoms with Crippen molar-refractivity contribution < 1.29 is 4.79 Å². The molecule has 0 unspecified atom stereocenters. The van der Waals surface area contributed by atoms with Gasteiger partial charge in [-0.1, -0.05) is 50.9 Å². The Bertz CT molecular complexity index is 912. The topological polar surface area (TPSA) is 46.9 Å². The molecule has 3 aromatic rings. The predicted octanol–water partition coefficient (Wildman–Crippen LogP) is 5.85. The van der Waals surface area contributed by atoms with Crippen molar-refractivity contribution in [2.24, 2.45) is 0 Å². The number of anilines is 1. The SMILES string of the molecule is CCCc1c(C(=O)Nc2ccc(C(C)C)cc2)cnn1-c1ccc(Cl)cc1. The molecule has 0 aliphatic carbocycles. The second kappa shape index (κ2) is 8.40. The minimum absolute atomic E-state index is 0.143. The van der Waals surface area contributed by atoms with Crippen LogP contribution in [0.5, 0.6) is 0 Å². The van der Waals surface area contributed by atoms with Crippen molar-refractivity contribution in [1.82, 2.24) is 9.78 Å². The van der Waals surface area contributed by atoms with Crippen molar-refractivity contribution in [2.75, 3.05) is 5.32 Å². The largest absolute Gasteiger partial charge is 0.322 e. The quantitative estimate of drug-likeness (QED) is 0.581. The van der Waals surface area contributed by atoms with E-state index >= 15 is 0 Å². The van der Waals surface area contributed by atoms with Crippen molar-refractivity contribution in [3.05, 3.63) is 76.6 Å². The van der Waals surface area contributed by atoms with Crippen LogP contribution >= 0.6 is 11.6 Å². The van der Waals surface area contributed by atoms with Crippen molar-refractivity contribution in [3.63, 3.8) is 0 Å². The van der Waals surface area contributed by atoms with Crippen LogP contribution in [0.3, 0.4) is 0 Å². The Morgan fingerprint density at radius 2 is 1.78 bits per heavy atom. The number of benzene rings is 2. The van der Waals surface area contributed by atoms with E-state index in [2.05, 4.69) is 31.2 Å². The normalized spacial score (nSPS) is 11.0. The van der Waals surface area contributed by atoms with Crippen LogP contribution in [0.25, 0.3) is 5.69 Å². The van der Waals surface area contributed by atoms with Gasteiger partial charge in [0, 0.05) is 10.7 Å². The predicted molar refractivity (Wildman–Crippen MR) is 111 cm³/mol. The van der Waals surface area contributed by atoms with Gasteiger partial charge in [-0.05, 0) is 54.3 Å². The smallest absolute Gasteiger partial charge is 0.259 e. The second-order valence-electron chi connectivity index (χ2n) is 6.87. The van der Waals surface area contributed by atoms with Crippen LogP contribution in [-0.4, -0.2) is 15.7 Å². The number of amides is 1. The van der Waals surface area contributed by atoms with E-state index in [0.717, 1.165) is 29.9 Å². The van der Waals surface area contributed by atoms with Gasteiger partial charge in [-0.15, -0.1) is 0 Å². The zero-order valence-corrected chi connectivity index (χ0v) is 16.6. The number of nitrogens with one attached hydrogen (secondary N) is 1. The van der Waals surface area contributed by atoms with Gasteiger partial charge >= 0.3 is 0 Å². The summed E-state index contributed by atoms with van der Waals surface area (Å²) >= 11 is 5.98. The minimum atomic E-state index is -0.143. The van der Waals surface area contributed by atoms with E-state index in [-0.39, 0.29) is 5.91 Å². The maximum Gasteiger partial charge on any atom is 0.259 e. The lowest BCUT2D eigenvalue weighted by molar-refractivity contribution is 0.102. The summed E-state index contributed by atoms with van der Waals surface area (Å²) in [5.41, 5.74) is 4.42. The molecule has 0 bridgehead atoms. The first kappa shape index (κ1) is 19.2. The maximum atomic E-state index is 12.8. The first-order valence-electron chi connectivity index (χ1n) is 9.23. The van der Waals surface area contributed by atoms with Crippen LogP contribution in [0.4, 0.5) is 5.69 Å². The van der Waals surface area contributed by atoms with Gasteiger partial charge in [0.1, 0.15) is 0 Å². The number of nitrogens with zero attached hydrogens (tertiary/aromatic N) is 2. The van der Waals surface area contributed by atoms with E-state index in [1.165, 1.54) is 5.56 Å². The monoisotopic (exact) mass is 381 g/mol. The van der Waals surface area contributed by atoms with Gasteiger partial charge in [0.2, 0.25) is 0 Å². The Labute approximate surface area is 165 Å². The molecule has 0 fully saturated rings. The van der Waals surface area contributed by atoms with Gasteiger partial charge in [-0.2, -0.15) is 5.10 Å². The highest BCUT2D eigenvalue weighted by Crippen LogP contribution is 2.21. The van der Waals surface area contributed by atoms with Crippen LogP contribution in [0.2, 0.25) is 5.02 Å². The molecule has 27 heavy (non-hydrogen) atoms. The molecule has 0 radical (unpaired) electrons.